The topological polar surface area (TPSA) is 70.8 Å². The molecule has 0 aliphatic carbocycles. The van der Waals surface area contributed by atoms with Crippen LogP contribution in [0.15, 0.2) is 46.3 Å². The van der Waals surface area contributed by atoms with Crippen molar-refractivity contribution in [3.63, 3.8) is 0 Å². The molecule has 0 heterocycles. The molecule has 0 N–H and O–H groups in total. The minimum atomic E-state index is -0.246. The van der Waals surface area contributed by atoms with Gasteiger partial charge in [0.05, 0.1) is 5.69 Å². The lowest BCUT2D eigenvalue weighted by molar-refractivity contribution is 1.19. The van der Waals surface area contributed by atoms with Gasteiger partial charge in [-0.15, -0.1) is 10.2 Å². The van der Waals surface area contributed by atoms with Gasteiger partial charge in [-0.2, -0.15) is 5.26 Å². The zero-order valence-electron chi connectivity index (χ0n) is 6.68. The van der Waals surface area contributed by atoms with E-state index in [-0.39, 0.29) is 5.70 Å². The lowest BCUT2D eigenvalue weighted by Gasteiger charge is -1.88. The molecule has 0 bridgehead atoms. The van der Waals surface area contributed by atoms with Gasteiger partial charge in [-0.25, -0.2) is 5.87 Å². The van der Waals surface area contributed by atoms with Gasteiger partial charge in [-0.1, -0.05) is 18.2 Å². The summed E-state index contributed by atoms with van der Waals surface area (Å²) < 4.78 is 0. The smallest absolute Gasteiger partial charge is 0.182 e. The summed E-state index contributed by atoms with van der Waals surface area (Å²) in [6, 6.07) is 10.5. The quantitative estimate of drug-likeness (QED) is 0.380. The monoisotopic (exact) mass is 169 g/mol. The van der Waals surface area contributed by atoms with Crippen molar-refractivity contribution < 1.29 is 0 Å². The van der Waals surface area contributed by atoms with E-state index in [2.05, 4.69) is 10.2 Å². The molecule has 1 aromatic carbocycles. The fourth-order valence-electron chi connectivity index (χ4n) is 0.672. The van der Waals surface area contributed by atoms with Crippen LogP contribution in [0.5, 0.6) is 0 Å². The number of nitrogens with zero attached hydrogens (tertiary/aromatic N) is 4. The van der Waals surface area contributed by atoms with Crippen molar-refractivity contribution in [1.29, 1.82) is 5.26 Å². The Morgan fingerprint density at radius 2 is 2.00 bits per heavy atom. The predicted molar refractivity (Wildman–Crippen MR) is 48.5 cm³/mol. The molecule has 0 radical (unpaired) electrons. The van der Waals surface area contributed by atoms with Gasteiger partial charge in [0.15, 0.2) is 5.70 Å². The van der Waals surface area contributed by atoms with Gasteiger partial charge in [0.2, 0.25) is 0 Å². The molecule has 0 spiro atoms. The SMILES string of the molecule is N#CC(=C=[N-])N=Nc1ccccc1. The van der Waals surface area contributed by atoms with Crippen LogP contribution in [0.1, 0.15) is 0 Å². The van der Waals surface area contributed by atoms with Crippen molar-refractivity contribution >= 4 is 11.6 Å². The van der Waals surface area contributed by atoms with Crippen LogP contribution in [0.25, 0.3) is 5.41 Å². The van der Waals surface area contributed by atoms with Crippen LogP contribution in [0, 0.1) is 11.3 Å². The average Bonchev–Trinajstić information content (AvgIpc) is 2.21. The number of benzene rings is 1. The van der Waals surface area contributed by atoms with Crippen LogP contribution in [0.2, 0.25) is 0 Å². The third-order valence-electron chi connectivity index (χ3n) is 1.23. The van der Waals surface area contributed by atoms with Crippen molar-refractivity contribution in [3.05, 3.63) is 41.4 Å². The van der Waals surface area contributed by atoms with Crippen LogP contribution in [0.4, 0.5) is 5.69 Å². The van der Waals surface area contributed by atoms with Gasteiger partial charge in [0.1, 0.15) is 6.07 Å². The van der Waals surface area contributed by atoms with E-state index < -0.39 is 0 Å². The largest absolute Gasteiger partial charge is 0.761 e. The van der Waals surface area contributed by atoms with Crippen LogP contribution in [0.3, 0.4) is 0 Å². The first-order chi connectivity index (χ1) is 6.36. The molecule has 4 heteroatoms. The van der Waals surface area contributed by atoms with Crippen LogP contribution < -0.4 is 0 Å². The Morgan fingerprint density at radius 3 is 2.54 bits per heavy atom. The van der Waals surface area contributed by atoms with Crippen LogP contribution in [-0.4, -0.2) is 5.87 Å². The molecule has 1 rings (SSSR count). The second-order valence-electron chi connectivity index (χ2n) is 2.11. The minimum Gasteiger partial charge on any atom is -0.761 e. The first kappa shape index (κ1) is 8.85. The maximum Gasteiger partial charge on any atom is 0.182 e. The third kappa shape index (κ3) is 2.70. The fraction of sp³-hybridized carbons (Fsp3) is 0. The molecule has 0 aromatic heterocycles. The van der Waals surface area contributed by atoms with E-state index in [4.69, 9.17) is 10.7 Å². The van der Waals surface area contributed by atoms with Crippen molar-refractivity contribution in [2.75, 3.05) is 0 Å². The highest BCUT2D eigenvalue weighted by atomic mass is 15.1. The summed E-state index contributed by atoms with van der Waals surface area (Å²) >= 11 is 0. The molecule has 0 aliphatic rings. The second kappa shape index (κ2) is 4.60. The fourth-order valence-corrected chi connectivity index (χ4v) is 0.672. The standard InChI is InChI=1S/C9H5N4/c10-6-9(7-11)13-12-8-4-2-1-3-5-8/h1-5H/q-1. The second-order valence-corrected chi connectivity index (χ2v) is 2.11. The number of nitriles is 1. The molecule has 0 atom stereocenters. The predicted octanol–water partition coefficient (Wildman–Crippen LogP) is 2.42. The first-order valence-corrected chi connectivity index (χ1v) is 3.51. The summed E-state index contributed by atoms with van der Waals surface area (Å²) in [7, 11) is 0. The van der Waals surface area contributed by atoms with Crippen LogP contribution >= 0.6 is 0 Å². The number of allylic oxidation sites excluding steroid dienone is 1. The van der Waals surface area contributed by atoms with Crippen molar-refractivity contribution in [2.45, 2.75) is 0 Å². The van der Waals surface area contributed by atoms with E-state index in [9.17, 15) is 0 Å². The summed E-state index contributed by atoms with van der Waals surface area (Å²) in [4.78, 5) is 0. The third-order valence-corrected chi connectivity index (χ3v) is 1.23. The Bertz CT molecular complexity index is 393. The molecule has 1 aromatic rings. The van der Waals surface area contributed by atoms with Crippen molar-refractivity contribution in [2.24, 2.45) is 10.2 Å². The molecular formula is C9H5N4-. The highest BCUT2D eigenvalue weighted by Gasteiger charge is 1.86. The Balaban J connectivity index is 2.82. The van der Waals surface area contributed by atoms with E-state index in [0.29, 0.717) is 5.69 Å². The van der Waals surface area contributed by atoms with E-state index in [1.54, 1.807) is 36.2 Å². The normalized spacial score (nSPS) is 9.15. The van der Waals surface area contributed by atoms with Crippen molar-refractivity contribution in [3.8, 4) is 6.07 Å². The summed E-state index contributed by atoms with van der Waals surface area (Å²) in [5, 5.41) is 23.8. The number of hydrogen-bond acceptors (Lipinski definition) is 3. The summed E-state index contributed by atoms with van der Waals surface area (Å²) in [6.45, 7) is 0. The van der Waals surface area contributed by atoms with E-state index in [0.717, 1.165) is 0 Å². The molecule has 0 aliphatic heterocycles. The molecular weight excluding hydrogens is 164 g/mol. The Hall–Kier alpha value is -2.24. The molecule has 62 valence electrons. The molecule has 0 fully saturated rings. The number of azo groups is 1. The highest BCUT2D eigenvalue weighted by Crippen LogP contribution is 2.10. The van der Waals surface area contributed by atoms with Crippen molar-refractivity contribution in [1.82, 2.24) is 0 Å². The summed E-state index contributed by atoms with van der Waals surface area (Å²) in [5.41, 5.74) is 0.370. The maximum absolute atomic E-state index is 8.34. The summed E-state index contributed by atoms with van der Waals surface area (Å²) in [5.74, 6) is 1.62. The van der Waals surface area contributed by atoms with Gasteiger partial charge in [-0.05, 0) is 12.1 Å². The zero-order valence-corrected chi connectivity index (χ0v) is 6.68. The lowest BCUT2D eigenvalue weighted by atomic mass is 10.3. The molecule has 0 saturated carbocycles. The van der Waals surface area contributed by atoms with E-state index >= 15 is 0 Å². The first-order valence-electron chi connectivity index (χ1n) is 3.51. The lowest BCUT2D eigenvalue weighted by Crippen LogP contribution is -1.69. The summed E-state index contributed by atoms with van der Waals surface area (Å²) in [6.07, 6.45) is 0. The molecule has 0 unspecified atom stereocenters. The van der Waals surface area contributed by atoms with E-state index in [1.807, 2.05) is 6.07 Å². The van der Waals surface area contributed by atoms with Gasteiger partial charge < -0.3 is 5.41 Å². The number of hydrogen-bond donors (Lipinski definition) is 0. The number of rotatable bonds is 2. The van der Waals surface area contributed by atoms with E-state index in [1.165, 1.54) is 0 Å². The molecule has 0 saturated heterocycles. The van der Waals surface area contributed by atoms with Gasteiger partial charge in [-0.3, -0.25) is 0 Å². The zero-order chi connectivity index (χ0) is 9.52. The molecule has 13 heavy (non-hydrogen) atoms. The van der Waals surface area contributed by atoms with Gasteiger partial charge in [0, 0.05) is 0 Å². The minimum absolute atomic E-state index is 0.246. The Kier molecular flexibility index (Phi) is 3.13. The maximum atomic E-state index is 8.34. The average molecular weight is 169 g/mol. The van der Waals surface area contributed by atoms with Gasteiger partial charge in [0.25, 0.3) is 0 Å². The van der Waals surface area contributed by atoms with Gasteiger partial charge >= 0.3 is 0 Å². The molecule has 4 nitrogen and oxygen atoms in total. The molecule has 0 amide bonds. The van der Waals surface area contributed by atoms with Crippen LogP contribution in [-0.2, 0) is 0 Å². The highest BCUT2D eigenvalue weighted by molar-refractivity contribution is 5.65. The Labute approximate surface area is 75.4 Å². The Morgan fingerprint density at radius 1 is 1.31 bits per heavy atom.